The van der Waals surface area contributed by atoms with E-state index in [9.17, 15) is 0 Å². The number of rotatable bonds is 2. The van der Waals surface area contributed by atoms with Crippen molar-refractivity contribution in [3.8, 4) is 0 Å². The van der Waals surface area contributed by atoms with E-state index in [2.05, 4.69) is 58.9 Å². The molecule has 0 atom stereocenters. The highest BCUT2D eigenvalue weighted by Gasteiger charge is 2.43. The van der Waals surface area contributed by atoms with Crippen molar-refractivity contribution in [3.63, 3.8) is 0 Å². The summed E-state index contributed by atoms with van der Waals surface area (Å²) in [5.74, 6) is 1.56. The van der Waals surface area contributed by atoms with Crippen molar-refractivity contribution in [2.75, 3.05) is 0 Å². The maximum absolute atomic E-state index is 6.51. The second-order valence-corrected chi connectivity index (χ2v) is 7.40. The first-order valence-corrected chi connectivity index (χ1v) is 7.12. The molecule has 2 rings (SSSR count). The molecule has 0 radical (unpaired) electrons. The largest absolute Gasteiger partial charge is 0.321 e. The summed E-state index contributed by atoms with van der Waals surface area (Å²) >= 11 is 0. The third-order valence-corrected chi connectivity index (χ3v) is 4.52. The fraction of sp³-hybridized carbons (Fsp3) is 0.647. The molecule has 2 N–H and O–H groups in total. The van der Waals surface area contributed by atoms with Crippen LogP contribution in [-0.2, 0) is 11.0 Å². The van der Waals surface area contributed by atoms with Crippen LogP contribution in [0.2, 0.25) is 0 Å². The van der Waals surface area contributed by atoms with Gasteiger partial charge in [0.2, 0.25) is 0 Å². The Labute approximate surface area is 112 Å². The summed E-state index contributed by atoms with van der Waals surface area (Å²) in [4.78, 5) is 0. The first-order chi connectivity index (χ1) is 8.22. The highest BCUT2D eigenvalue weighted by Crippen LogP contribution is 2.47. The maximum Gasteiger partial charge on any atom is 0.0415 e. The molecule has 1 saturated carbocycles. The monoisotopic (exact) mass is 245 g/mol. The molecule has 0 heterocycles. The molecule has 0 aromatic heterocycles. The van der Waals surface area contributed by atoms with E-state index in [4.69, 9.17) is 5.73 Å². The minimum atomic E-state index is -0.0641. The Bertz CT molecular complexity index is 402. The second-order valence-electron chi connectivity index (χ2n) is 7.40. The average Bonchev–Trinajstić information content (AvgIpc) is 2.23. The molecule has 1 aromatic rings. The van der Waals surface area contributed by atoms with Crippen molar-refractivity contribution < 1.29 is 0 Å². The smallest absolute Gasteiger partial charge is 0.0415 e. The van der Waals surface area contributed by atoms with Crippen molar-refractivity contribution in [2.45, 2.75) is 58.4 Å². The fourth-order valence-corrected chi connectivity index (χ4v) is 2.89. The van der Waals surface area contributed by atoms with Crippen molar-refractivity contribution in [1.82, 2.24) is 0 Å². The maximum atomic E-state index is 6.51. The van der Waals surface area contributed by atoms with Crippen LogP contribution in [0.15, 0.2) is 24.3 Å². The van der Waals surface area contributed by atoms with Gasteiger partial charge in [0.25, 0.3) is 0 Å². The van der Waals surface area contributed by atoms with Crippen LogP contribution in [0.3, 0.4) is 0 Å². The molecule has 0 aliphatic heterocycles. The zero-order valence-electron chi connectivity index (χ0n) is 12.5. The molecule has 0 bridgehead atoms. The van der Waals surface area contributed by atoms with Gasteiger partial charge in [-0.2, -0.15) is 0 Å². The Balaban J connectivity index is 2.12. The lowest BCUT2D eigenvalue weighted by Gasteiger charge is -2.47. The first kappa shape index (κ1) is 13.6. The highest BCUT2D eigenvalue weighted by molar-refractivity contribution is 5.33. The molecule has 0 amide bonds. The Kier molecular flexibility index (Phi) is 3.31. The van der Waals surface area contributed by atoms with Gasteiger partial charge in [-0.1, -0.05) is 58.9 Å². The van der Waals surface area contributed by atoms with E-state index >= 15 is 0 Å². The highest BCUT2D eigenvalue weighted by atomic mass is 14.8. The van der Waals surface area contributed by atoms with Gasteiger partial charge in [0.05, 0.1) is 0 Å². The van der Waals surface area contributed by atoms with E-state index < -0.39 is 0 Å². The Morgan fingerprint density at radius 2 is 1.61 bits per heavy atom. The summed E-state index contributed by atoms with van der Waals surface area (Å²) in [7, 11) is 0. The topological polar surface area (TPSA) is 26.0 Å². The summed E-state index contributed by atoms with van der Waals surface area (Å²) < 4.78 is 0. The van der Waals surface area contributed by atoms with E-state index in [1.54, 1.807) is 0 Å². The molecule has 100 valence electrons. The standard InChI is InChI=1S/C17H27N/c1-12(2)13-10-17(18,11-13)15-8-6-14(7-9-15)16(3,4)5/h6-9,12-13H,10-11,18H2,1-5H3. The number of hydrogen-bond acceptors (Lipinski definition) is 1. The average molecular weight is 245 g/mol. The van der Waals surface area contributed by atoms with Crippen LogP contribution in [0.4, 0.5) is 0 Å². The Morgan fingerprint density at radius 1 is 1.11 bits per heavy atom. The van der Waals surface area contributed by atoms with Gasteiger partial charge in [-0.3, -0.25) is 0 Å². The number of hydrogen-bond donors (Lipinski definition) is 1. The number of benzene rings is 1. The molecular weight excluding hydrogens is 218 g/mol. The summed E-state index contributed by atoms with van der Waals surface area (Å²) in [6, 6.07) is 8.95. The molecule has 1 aromatic carbocycles. The van der Waals surface area contributed by atoms with Gasteiger partial charge >= 0.3 is 0 Å². The number of nitrogens with two attached hydrogens (primary N) is 1. The van der Waals surface area contributed by atoms with Gasteiger partial charge in [0.15, 0.2) is 0 Å². The molecule has 0 unspecified atom stereocenters. The summed E-state index contributed by atoms with van der Waals surface area (Å²) in [6.07, 6.45) is 2.28. The van der Waals surface area contributed by atoms with Crippen LogP contribution < -0.4 is 5.73 Å². The summed E-state index contributed by atoms with van der Waals surface area (Å²) in [5.41, 5.74) is 9.37. The van der Waals surface area contributed by atoms with Crippen LogP contribution in [0.25, 0.3) is 0 Å². The lowest BCUT2D eigenvalue weighted by Crippen LogP contribution is -2.50. The molecule has 1 aliphatic rings. The SMILES string of the molecule is CC(C)C1CC(N)(c2ccc(C(C)(C)C)cc2)C1. The van der Waals surface area contributed by atoms with Crippen LogP contribution in [0.5, 0.6) is 0 Å². The molecule has 1 nitrogen and oxygen atoms in total. The van der Waals surface area contributed by atoms with E-state index in [0.29, 0.717) is 0 Å². The lowest BCUT2D eigenvalue weighted by molar-refractivity contribution is 0.105. The summed E-state index contributed by atoms with van der Waals surface area (Å²) in [6.45, 7) is 11.3. The third-order valence-electron chi connectivity index (χ3n) is 4.52. The van der Waals surface area contributed by atoms with Crippen LogP contribution in [0, 0.1) is 11.8 Å². The molecule has 1 aliphatic carbocycles. The molecule has 0 spiro atoms. The molecule has 0 saturated heterocycles. The zero-order valence-corrected chi connectivity index (χ0v) is 12.5. The molecule has 1 heteroatoms. The van der Waals surface area contributed by atoms with Gasteiger partial charge in [-0.05, 0) is 41.2 Å². The molecule has 1 fully saturated rings. The van der Waals surface area contributed by atoms with E-state index in [1.807, 2.05) is 0 Å². The fourth-order valence-electron chi connectivity index (χ4n) is 2.89. The predicted octanol–water partition coefficient (Wildman–Crippen LogP) is 4.20. The quantitative estimate of drug-likeness (QED) is 0.830. The predicted molar refractivity (Wildman–Crippen MR) is 78.6 cm³/mol. The first-order valence-electron chi connectivity index (χ1n) is 7.12. The Hall–Kier alpha value is -0.820. The molecule has 18 heavy (non-hydrogen) atoms. The van der Waals surface area contributed by atoms with Crippen LogP contribution in [-0.4, -0.2) is 0 Å². The van der Waals surface area contributed by atoms with Gasteiger partial charge < -0.3 is 5.73 Å². The second kappa shape index (κ2) is 4.38. The van der Waals surface area contributed by atoms with E-state index in [0.717, 1.165) is 24.7 Å². The van der Waals surface area contributed by atoms with Gasteiger partial charge in [0.1, 0.15) is 0 Å². The van der Waals surface area contributed by atoms with Crippen LogP contribution >= 0.6 is 0 Å². The minimum Gasteiger partial charge on any atom is -0.321 e. The third kappa shape index (κ3) is 2.47. The van der Waals surface area contributed by atoms with E-state index in [1.165, 1.54) is 11.1 Å². The lowest BCUT2D eigenvalue weighted by atomic mass is 9.61. The van der Waals surface area contributed by atoms with E-state index in [-0.39, 0.29) is 11.0 Å². The molecular formula is C17H27N. The van der Waals surface area contributed by atoms with Crippen molar-refractivity contribution in [2.24, 2.45) is 17.6 Å². The van der Waals surface area contributed by atoms with Crippen molar-refractivity contribution >= 4 is 0 Å². The summed E-state index contributed by atoms with van der Waals surface area (Å²) in [5, 5.41) is 0. The normalized spacial score (nSPS) is 28.3. The van der Waals surface area contributed by atoms with Crippen molar-refractivity contribution in [1.29, 1.82) is 0 Å². The van der Waals surface area contributed by atoms with Gasteiger partial charge in [0, 0.05) is 5.54 Å². The zero-order chi connectivity index (χ0) is 13.6. The van der Waals surface area contributed by atoms with Crippen LogP contribution in [0.1, 0.15) is 58.6 Å². The van der Waals surface area contributed by atoms with Crippen molar-refractivity contribution in [3.05, 3.63) is 35.4 Å². The van der Waals surface area contributed by atoms with Gasteiger partial charge in [-0.25, -0.2) is 0 Å². The van der Waals surface area contributed by atoms with Gasteiger partial charge in [-0.15, -0.1) is 0 Å². The minimum absolute atomic E-state index is 0.0641. The Morgan fingerprint density at radius 3 is 2.00 bits per heavy atom.